The molecule has 0 atom stereocenters. The van der Waals surface area contributed by atoms with Crippen molar-refractivity contribution < 1.29 is 4.79 Å². The van der Waals surface area contributed by atoms with Crippen molar-refractivity contribution in [1.29, 1.82) is 0 Å². The number of hydrogen-bond donors (Lipinski definition) is 2. The number of thiocarbonyl (C=S) groups is 1. The monoisotopic (exact) mass is 422 g/mol. The van der Waals surface area contributed by atoms with E-state index in [0.29, 0.717) is 15.6 Å². The number of anilines is 2. The predicted molar refractivity (Wildman–Crippen MR) is 116 cm³/mol. The van der Waals surface area contributed by atoms with Crippen molar-refractivity contribution in [3.05, 3.63) is 58.1 Å². The largest absolute Gasteiger partial charge is 0.369 e. The molecule has 8 heteroatoms. The maximum atomic E-state index is 12.2. The summed E-state index contributed by atoms with van der Waals surface area (Å²) in [6, 6.07) is 12.7. The summed E-state index contributed by atoms with van der Waals surface area (Å²) >= 11 is 17.0. The molecule has 2 aromatic carbocycles. The highest BCUT2D eigenvalue weighted by Crippen LogP contribution is 2.22. The summed E-state index contributed by atoms with van der Waals surface area (Å²) < 4.78 is 0. The molecule has 0 spiro atoms. The molecule has 1 aliphatic heterocycles. The van der Waals surface area contributed by atoms with E-state index >= 15 is 0 Å². The van der Waals surface area contributed by atoms with Gasteiger partial charge in [-0.25, -0.2) is 0 Å². The van der Waals surface area contributed by atoms with Crippen molar-refractivity contribution in [3.63, 3.8) is 0 Å². The van der Waals surface area contributed by atoms with Crippen LogP contribution in [0.15, 0.2) is 42.5 Å². The van der Waals surface area contributed by atoms with Crippen LogP contribution >= 0.6 is 35.4 Å². The van der Waals surface area contributed by atoms with Crippen LogP contribution in [0.3, 0.4) is 0 Å². The Kier molecular flexibility index (Phi) is 6.55. The Balaban J connectivity index is 1.56. The van der Waals surface area contributed by atoms with Crippen LogP contribution < -0.4 is 15.5 Å². The number of carbonyl (C=O) groups excluding carboxylic acids is 1. The molecule has 0 bridgehead atoms. The van der Waals surface area contributed by atoms with Crippen LogP contribution in [0.25, 0.3) is 0 Å². The van der Waals surface area contributed by atoms with Gasteiger partial charge in [0.1, 0.15) is 0 Å². The Morgan fingerprint density at radius 3 is 2.30 bits per heavy atom. The fourth-order valence-corrected chi connectivity index (χ4v) is 3.30. The second-order valence-electron chi connectivity index (χ2n) is 6.37. The Morgan fingerprint density at radius 2 is 1.67 bits per heavy atom. The molecule has 3 rings (SSSR count). The number of nitrogens with zero attached hydrogens (tertiary/aromatic N) is 2. The van der Waals surface area contributed by atoms with E-state index in [1.165, 1.54) is 11.8 Å². The SMILES string of the molecule is CN1CCN(c2ccc(NC(=S)NC(=O)c3ccc(Cl)c(Cl)c3)cc2)CC1. The highest BCUT2D eigenvalue weighted by molar-refractivity contribution is 7.80. The minimum absolute atomic E-state index is 0.221. The molecule has 2 N–H and O–H groups in total. The third kappa shape index (κ3) is 5.32. The quantitative estimate of drug-likeness (QED) is 0.735. The Morgan fingerprint density at radius 1 is 1.00 bits per heavy atom. The average Bonchev–Trinajstić information content (AvgIpc) is 2.65. The second-order valence-corrected chi connectivity index (χ2v) is 7.60. The van der Waals surface area contributed by atoms with E-state index in [-0.39, 0.29) is 11.0 Å². The number of halogens is 2. The molecule has 142 valence electrons. The highest BCUT2D eigenvalue weighted by Gasteiger charge is 2.14. The van der Waals surface area contributed by atoms with Gasteiger partial charge in [0.2, 0.25) is 0 Å². The normalized spacial score (nSPS) is 14.7. The predicted octanol–water partition coefficient (Wildman–Crippen LogP) is 3.87. The second kappa shape index (κ2) is 8.89. The van der Waals surface area contributed by atoms with E-state index in [0.717, 1.165) is 31.9 Å². The molecule has 5 nitrogen and oxygen atoms in total. The van der Waals surface area contributed by atoms with Gasteiger partial charge in [0, 0.05) is 43.1 Å². The van der Waals surface area contributed by atoms with E-state index < -0.39 is 0 Å². The Bertz CT molecular complexity index is 836. The summed E-state index contributed by atoms with van der Waals surface area (Å²) in [4.78, 5) is 16.9. The maximum absolute atomic E-state index is 12.2. The minimum atomic E-state index is -0.347. The molecule has 0 saturated carbocycles. The highest BCUT2D eigenvalue weighted by atomic mass is 35.5. The summed E-state index contributed by atoms with van der Waals surface area (Å²) in [5, 5.41) is 6.60. The van der Waals surface area contributed by atoms with Crippen LogP contribution in [0.1, 0.15) is 10.4 Å². The van der Waals surface area contributed by atoms with Gasteiger partial charge in [0.25, 0.3) is 5.91 Å². The summed E-state index contributed by atoms with van der Waals surface area (Å²) in [7, 11) is 2.14. The van der Waals surface area contributed by atoms with Crippen molar-refractivity contribution in [3.8, 4) is 0 Å². The van der Waals surface area contributed by atoms with Gasteiger partial charge in [-0.3, -0.25) is 10.1 Å². The topological polar surface area (TPSA) is 47.6 Å². The van der Waals surface area contributed by atoms with E-state index in [2.05, 4.69) is 39.6 Å². The van der Waals surface area contributed by atoms with Crippen molar-refractivity contribution in [2.24, 2.45) is 0 Å². The smallest absolute Gasteiger partial charge is 0.257 e. The lowest BCUT2D eigenvalue weighted by molar-refractivity contribution is 0.0977. The van der Waals surface area contributed by atoms with Crippen LogP contribution in [0.2, 0.25) is 10.0 Å². The van der Waals surface area contributed by atoms with Gasteiger partial charge in [-0.05, 0) is 61.7 Å². The van der Waals surface area contributed by atoms with E-state index in [1.807, 2.05) is 12.1 Å². The first-order valence-corrected chi connectivity index (χ1v) is 9.70. The number of amides is 1. The minimum Gasteiger partial charge on any atom is -0.369 e. The number of carbonyl (C=O) groups is 1. The van der Waals surface area contributed by atoms with E-state index in [9.17, 15) is 4.79 Å². The van der Waals surface area contributed by atoms with E-state index in [1.54, 1.807) is 12.1 Å². The average molecular weight is 423 g/mol. The molecule has 2 aromatic rings. The molecular formula is C19H20Cl2N4OS. The first kappa shape index (κ1) is 19.9. The number of likely N-dealkylation sites (N-methyl/N-ethyl adjacent to an activating group) is 1. The van der Waals surface area contributed by atoms with Gasteiger partial charge >= 0.3 is 0 Å². The molecular weight excluding hydrogens is 403 g/mol. The van der Waals surface area contributed by atoms with Gasteiger partial charge in [-0.1, -0.05) is 23.2 Å². The molecule has 1 aliphatic rings. The molecule has 1 heterocycles. The maximum Gasteiger partial charge on any atom is 0.257 e. The number of hydrogen-bond acceptors (Lipinski definition) is 4. The van der Waals surface area contributed by atoms with Gasteiger partial charge < -0.3 is 15.1 Å². The molecule has 1 fully saturated rings. The van der Waals surface area contributed by atoms with Crippen LogP contribution in [0.4, 0.5) is 11.4 Å². The summed E-state index contributed by atoms with van der Waals surface area (Å²) in [5.74, 6) is -0.347. The molecule has 1 saturated heterocycles. The fourth-order valence-electron chi connectivity index (χ4n) is 2.80. The van der Waals surface area contributed by atoms with Crippen LogP contribution in [-0.4, -0.2) is 49.1 Å². The molecule has 27 heavy (non-hydrogen) atoms. The van der Waals surface area contributed by atoms with Crippen molar-refractivity contribution >= 4 is 57.8 Å². The van der Waals surface area contributed by atoms with Crippen molar-refractivity contribution in [2.75, 3.05) is 43.4 Å². The molecule has 0 aliphatic carbocycles. The summed E-state index contributed by atoms with van der Waals surface area (Å²) in [6.07, 6.45) is 0. The zero-order valence-corrected chi connectivity index (χ0v) is 17.2. The zero-order valence-electron chi connectivity index (χ0n) is 14.8. The van der Waals surface area contributed by atoms with Gasteiger partial charge in [-0.15, -0.1) is 0 Å². The number of piperazine rings is 1. The van der Waals surface area contributed by atoms with Crippen LogP contribution in [0, 0.1) is 0 Å². The van der Waals surface area contributed by atoms with E-state index in [4.69, 9.17) is 35.4 Å². The molecule has 0 aromatic heterocycles. The lowest BCUT2D eigenvalue weighted by atomic mass is 10.2. The molecule has 0 radical (unpaired) electrons. The fraction of sp³-hybridized carbons (Fsp3) is 0.263. The third-order valence-corrected chi connectivity index (χ3v) is 5.35. The van der Waals surface area contributed by atoms with Gasteiger partial charge in [-0.2, -0.15) is 0 Å². The van der Waals surface area contributed by atoms with Crippen molar-refractivity contribution in [2.45, 2.75) is 0 Å². The zero-order chi connectivity index (χ0) is 19.4. The Hall–Kier alpha value is -1.86. The lowest BCUT2D eigenvalue weighted by Crippen LogP contribution is -2.44. The third-order valence-electron chi connectivity index (χ3n) is 4.40. The standard InChI is InChI=1S/C19H20Cl2N4OS/c1-24-8-10-25(11-9-24)15-5-3-14(4-6-15)22-19(27)23-18(26)13-2-7-16(20)17(21)12-13/h2-7,12H,8-11H2,1H3,(H2,22,23,26,27). The van der Waals surface area contributed by atoms with Crippen LogP contribution in [0.5, 0.6) is 0 Å². The first-order chi connectivity index (χ1) is 12.9. The van der Waals surface area contributed by atoms with Gasteiger partial charge in [0.15, 0.2) is 5.11 Å². The first-order valence-electron chi connectivity index (χ1n) is 8.53. The molecule has 1 amide bonds. The van der Waals surface area contributed by atoms with Gasteiger partial charge in [0.05, 0.1) is 10.0 Å². The molecule has 0 unspecified atom stereocenters. The number of benzene rings is 2. The van der Waals surface area contributed by atoms with Crippen molar-refractivity contribution in [1.82, 2.24) is 10.2 Å². The summed E-state index contributed by atoms with van der Waals surface area (Å²) in [6.45, 7) is 4.15. The number of rotatable bonds is 3. The number of nitrogens with one attached hydrogen (secondary N) is 2. The Labute approximate surface area is 174 Å². The summed E-state index contributed by atoms with van der Waals surface area (Å²) in [5.41, 5.74) is 2.38. The lowest BCUT2D eigenvalue weighted by Gasteiger charge is -2.34. The van der Waals surface area contributed by atoms with Crippen LogP contribution in [-0.2, 0) is 0 Å².